The number of hydrogen-bond acceptors (Lipinski definition) is 4. The van der Waals surface area contributed by atoms with Gasteiger partial charge in [-0.3, -0.25) is 0 Å². The van der Waals surface area contributed by atoms with Crippen molar-refractivity contribution >= 4 is 12.2 Å². The van der Waals surface area contributed by atoms with E-state index >= 15 is 0 Å². The number of nitrogens with two attached hydrogens (primary N) is 2. The fraction of sp³-hybridized carbons (Fsp3) is 0.273. The average Bonchev–Trinajstić information content (AvgIpc) is 2.28. The minimum atomic E-state index is -1.40. The Morgan fingerprint density at radius 2 is 1.74 bits per heavy atom. The van der Waals surface area contributed by atoms with Gasteiger partial charge in [0.15, 0.2) is 6.10 Å². The van der Waals surface area contributed by atoms with Gasteiger partial charge in [0.05, 0.1) is 0 Å². The summed E-state index contributed by atoms with van der Waals surface area (Å²) in [5.41, 5.74) is 9.33. The zero-order valence-corrected chi connectivity index (χ0v) is 9.93. The van der Waals surface area contributed by atoms with E-state index in [0.29, 0.717) is 0 Å². The van der Waals surface area contributed by atoms with Gasteiger partial charge in [0.2, 0.25) is 0 Å². The lowest BCUT2D eigenvalue weighted by atomic mass is 10.0. The maximum Gasteiger partial charge on any atom is 0.405 e. The van der Waals surface area contributed by atoms with Crippen molar-refractivity contribution in [1.29, 1.82) is 0 Å². The van der Waals surface area contributed by atoms with E-state index < -0.39 is 36.0 Å². The number of carbonyl (C=O) groups excluding carboxylic acids is 2. The van der Waals surface area contributed by atoms with Crippen LogP contribution < -0.4 is 11.5 Å². The van der Waals surface area contributed by atoms with Crippen LogP contribution in [0.15, 0.2) is 18.2 Å². The molecule has 0 aromatic heterocycles. The second-order valence-electron chi connectivity index (χ2n) is 3.67. The zero-order chi connectivity index (χ0) is 14.6. The van der Waals surface area contributed by atoms with E-state index in [0.717, 1.165) is 18.2 Å². The Balaban J connectivity index is 3.11. The Morgan fingerprint density at radius 3 is 2.26 bits per heavy atom. The molecule has 1 unspecified atom stereocenters. The first-order valence-electron chi connectivity index (χ1n) is 5.18. The molecule has 8 heteroatoms. The molecule has 2 atom stereocenters. The number of carbonyl (C=O) groups is 2. The van der Waals surface area contributed by atoms with Crippen LogP contribution in [0.5, 0.6) is 0 Å². The van der Waals surface area contributed by atoms with Crippen molar-refractivity contribution < 1.29 is 27.8 Å². The third-order valence-corrected chi connectivity index (χ3v) is 2.24. The van der Waals surface area contributed by atoms with E-state index in [1.807, 2.05) is 0 Å². The van der Waals surface area contributed by atoms with Crippen molar-refractivity contribution in [3.63, 3.8) is 0 Å². The highest BCUT2D eigenvalue weighted by Gasteiger charge is 2.28. The lowest BCUT2D eigenvalue weighted by Crippen LogP contribution is -2.31. The molecule has 0 spiro atoms. The van der Waals surface area contributed by atoms with Crippen molar-refractivity contribution in [2.75, 3.05) is 0 Å². The first-order valence-corrected chi connectivity index (χ1v) is 5.18. The SMILES string of the molecule is C[C@@H](OC(N)=O)C(OC(N)=O)c1cc(F)ccc1F. The molecule has 0 fully saturated rings. The molecule has 4 N–H and O–H groups in total. The molecular weight excluding hydrogens is 262 g/mol. The molecule has 0 saturated heterocycles. The smallest absolute Gasteiger partial charge is 0.405 e. The molecule has 2 amide bonds. The van der Waals surface area contributed by atoms with Crippen molar-refractivity contribution in [3.8, 4) is 0 Å². The van der Waals surface area contributed by atoms with Gasteiger partial charge >= 0.3 is 12.2 Å². The van der Waals surface area contributed by atoms with Gasteiger partial charge < -0.3 is 20.9 Å². The minimum Gasteiger partial charge on any atom is -0.442 e. The molecule has 0 radical (unpaired) electrons. The van der Waals surface area contributed by atoms with Crippen LogP contribution in [-0.2, 0) is 9.47 Å². The van der Waals surface area contributed by atoms with Gasteiger partial charge in [-0.05, 0) is 25.1 Å². The summed E-state index contributed by atoms with van der Waals surface area (Å²) in [6.07, 6.45) is -4.92. The van der Waals surface area contributed by atoms with Gasteiger partial charge in [0, 0.05) is 5.56 Å². The monoisotopic (exact) mass is 274 g/mol. The van der Waals surface area contributed by atoms with Crippen LogP contribution in [0.1, 0.15) is 18.6 Å². The summed E-state index contributed by atoms with van der Waals surface area (Å²) >= 11 is 0. The summed E-state index contributed by atoms with van der Waals surface area (Å²) in [4.78, 5) is 21.4. The van der Waals surface area contributed by atoms with Gasteiger partial charge in [-0.25, -0.2) is 18.4 Å². The molecule has 0 bridgehead atoms. The molecule has 19 heavy (non-hydrogen) atoms. The highest BCUT2D eigenvalue weighted by atomic mass is 19.1. The molecule has 1 aromatic carbocycles. The van der Waals surface area contributed by atoms with E-state index in [4.69, 9.17) is 11.5 Å². The number of primary amides is 2. The molecule has 104 valence electrons. The van der Waals surface area contributed by atoms with Crippen molar-refractivity contribution in [2.45, 2.75) is 19.1 Å². The molecule has 0 heterocycles. The molecule has 6 nitrogen and oxygen atoms in total. The van der Waals surface area contributed by atoms with Crippen LogP contribution in [0.2, 0.25) is 0 Å². The highest BCUT2D eigenvalue weighted by molar-refractivity contribution is 5.66. The van der Waals surface area contributed by atoms with Gasteiger partial charge in [-0.1, -0.05) is 0 Å². The predicted octanol–water partition coefficient (Wildman–Crippen LogP) is 1.58. The van der Waals surface area contributed by atoms with Gasteiger partial charge in [-0.2, -0.15) is 0 Å². The van der Waals surface area contributed by atoms with Crippen LogP contribution in [0.3, 0.4) is 0 Å². The van der Waals surface area contributed by atoms with Crippen LogP contribution in [0, 0.1) is 11.6 Å². The summed E-state index contributed by atoms with van der Waals surface area (Å²) in [7, 11) is 0. The molecule has 0 saturated carbocycles. The van der Waals surface area contributed by atoms with E-state index in [9.17, 15) is 18.4 Å². The lowest BCUT2D eigenvalue weighted by molar-refractivity contribution is 0.00240. The normalized spacial score (nSPS) is 13.4. The highest BCUT2D eigenvalue weighted by Crippen LogP contribution is 2.26. The first-order chi connectivity index (χ1) is 8.81. The first kappa shape index (κ1) is 14.7. The molecule has 0 aliphatic rings. The van der Waals surface area contributed by atoms with Crippen LogP contribution in [0.4, 0.5) is 18.4 Å². The van der Waals surface area contributed by atoms with Crippen LogP contribution in [0.25, 0.3) is 0 Å². The Kier molecular flexibility index (Phi) is 4.62. The molecule has 1 aromatic rings. The Labute approximate surface area is 107 Å². The number of amides is 2. The van der Waals surface area contributed by atoms with Crippen molar-refractivity contribution in [3.05, 3.63) is 35.4 Å². The standard InChI is InChI=1S/C11H12F2N2O4/c1-5(18-10(14)16)9(19-11(15)17)7-4-6(12)2-3-8(7)13/h2-5,9H,1H3,(H2,14,16)(H2,15,17)/t5-,9?/m1/s1. The van der Waals surface area contributed by atoms with Crippen molar-refractivity contribution in [2.24, 2.45) is 11.5 Å². The second kappa shape index (κ2) is 5.98. The largest absolute Gasteiger partial charge is 0.442 e. The van der Waals surface area contributed by atoms with Gasteiger partial charge in [0.1, 0.15) is 17.7 Å². The Bertz CT molecular complexity index is 496. The topological polar surface area (TPSA) is 105 Å². The summed E-state index contributed by atoms with van der Waals surface area (Å²) in [5, 5.41) is 0. The predicted molar refractivity (Wildman–Crippen MR) is 59.9 cm³/mol. The third kappa shape index (κ3) is 4.09. The summed E-state index contributed by atoms with van der Waals surface area (Å²) in [6, 6.07) is 2.54. The summed E-state index contributed by atoms with van der Waals surface area (Å²) in [6.45, 7) is 1.29. The van der Waals surface area contributed by atoms with E-state index in [1.54, 1.807) is 0 Å². The van der Waals surface area contributed by atoms with Gasteiger partial charge in [0.25, 0.3) is 0 Å². The lowest BCUT2D eigenvalue weighted by Gasteiger charge is -2.23. The zero-order valence-electron chi connectivity index (χ0n) is 9.93. The number of hydrogen-bond donors (Lipinski definition) is 2. The van der Waals surface area contributed by atoms with E-state index in [1.165, 1.54) is 6.92 Å². The number of rotatable bonds is 4. The maximum absolute atomic E-state index is 13.6. The van der Waals surface area contributed by atoms with Crippen LogP contribution >= 0.6 is 0 Å². The molecule has 0 aliphatic carbocycles. The third-order valence-electron chi connectivity index (χ3n) is 2.24. The maximum atomic E-state index is 13.6. The Morgan fingerprint density at radius 1 is 1.16 bits per heavy atom. The van der Waals surface area contributed by atoms with Crippen molar-refractivity contribution in [1.82, 2.24) is 0 Å². The summed E-state index contributed by atoms with van der Waals surface area (Å²) in [5.74, 6) is -1.59. The Hall–Kier alpha value is -2.38. The van der Waals surface area contributed by atoms with Gasteiger partial charge in [-0.15, -0.1) is 0 Å². The fourth-order valence-electron chi connectivity index (χ4n) is 1.51. The second-order valence-corrected chi connectivity index (χ2v) is 3.67. The number of benzene rings is 1. The number of halogens is 2. The summed E-state index contributed by atoms with van der Waals surface area (Å²) < 4.78 is 35.9. The molecule has 0 aliphatic heterocycles. The minimum absolute atomic E-state index is 0.312. The van der Waals surface area contributed by atoms with E-state index in [2.05, 4.69) is 9.47 Å². The molecular formula is C11H12F2N2O4. The average molecular weight is 274 g/mol. The molecule has 1 rings (SSSR count). The van der Waals surface area contributed by atoms with Crippen LogP contribution in [-0.4, -0.2) is 18.3 Å². The number of ether oxygens (including phenoxy) is 2. The quantitative estimate of drug-likeness (QED) is 0.869. The van der Waals surface area contributed by atoms with E-state index in [-0.39, 0.29) is 5.56 Å². The fourth-order valence-corrected chi connectivity index (χ4v) is 1.51.